The van der Waals surface area contributed by atoms with E-state index in [9.17, 15) is 9.90 Å². The molecule has 1 amide bonds. The van der Waals surface area contributed by atoms with Gasteiger partial charge in [-0.25, -0.2) is 0 Å². The molecule has 1 saturated heterocycles. The first-order valence-corrected chi connectivity index (χ1v) is 6.51. The van der Waals surface area contributed by atoms with Crippen molar-refractivity contribution in [3.8, 4) is 0 Å². The van der Waals surface area contributed by atoms with Gasteiger partial charge in [0, 0.05) is 20.1 Å². The lowest BCUT2D eigenvalue weighted by Gasteiger charge is -2.46. The molecule has 0 aliphatic carbocycles. The second-order valence-electron chi connectivity index (χ2n) is 5.55. The number of hydrogen-bond acceptors (Lipinski definition) is 4. The molecule has 1 fully saturated rings. The van der Waals surface area contributed by atoms with Crippen LogP contribution in [0.25, 0.3) is 0 Å². The van der Waals surface area contributed by atoms with Crippen molar-refractivity contribution >= 4 is 11.6 Å². The number of pyridine rings is 1. The van der Waals surface area contributed by atoms with Gasteiger partial charge in [0.2, 0.25) is 5.91 Å². The quantitative estimate of drug-likeness (QED) is 0.871. The Balaban J connectivity index is 2.28. The van der Waals surface area contributed by atoms with Crippen molar-refractivity contribution in [2.45, 2.75) is 32.4 Å². The van der Waals surface area contributed by atoms with E-state index < -0.39 is 11.6 Å². The second-order valence-corrected chi connectivity index (χ2v) is 5.55. The predicted molar refractivity (Wildman–Crippen MR) is 73.9 cm³/mol. The third-order valence-electron chi connectivity index (χ3n) is 3.71. The van der Waals surface area contributed by atoms with Gasteiger partial charge in [-0.1, -0.05) is 0 Å². The van der Waals surface area contributed by atoms with Crippen LogP contribution in [-0.4, -0.2) is 46.6 Å². The molecule has 1 N–H and O–H groups in total. The zero-order valence-electron chi connectivity index (χ0n) is 11.9. The van der Waals surface area contributed by atoms with Crippen LogP contribution >= 0.6 is 0 Å². The second kappa shape index (κ2) is 4.81. The van der Waals surface area contributed by atoms with E-state index in [2.05, 4.69) is 9.88 Å². The fourth-order valence-corrected chi connectivity index (χ4v) is 2.47. The molecule has 104 valence electrons. The topological polar surface area (TPSA) is 56.7 Å². The van der Waals surface area contributed by atoms with Crippen LogP contribution in [0.4, 0.5) is 5.69 Å². The molecule has 1 aliphatic rings. The van der Waals surface area contributed by atoms with Crippen molar-refractivity contribution in [1.82, 2.24) is 9.88 Å². The molecule has 2 heterocycles. The molecule has 1 unspecified atom stereocenters. The van der Waals surface area contributed by atoms with E-state index in [1.807, 2.05) is 27.0 Å². The van der Waals surface area contributed by atoms with Gasteiger partial charge < -0.3 is 14.9 Å². The van der Waals surface area contributed by atoms with E-state index in [-0.39, 0.29) is 5.91 Å². The molecule has 1 aromatic heterocycles. The maximum Gasteiger partial charge on any atom is 0.247 e. The molecule has 1 atom stereocenters. The van der Waals surface area contributed by atoms with E-state index >= 15 is 0 Å². The average molecular weight is 263 g/mol. The zero-order chi connectivity index (χ0) is 14.2. The van der Waals surface area contributed by atoms with Gasteiger partial charge in [-0.2, -0.15) is 0 Å². The number of aliphatic hydroxyl groups excluding tert-OH is 1. The lowest BCUT2D eigenvalue weighted by atomic mass is 9.97. The minimum absolute atomic E-state index is 0.110. The molecule has 1 aromatic rings. The van der Waals surface area contributed by atoms with Crippen LogP contribution in [0, 0.1) is 0 Å². The average Bonchev–Trinajstić information content (AvgIpc) is 2.36. The van der Waals surface area contributed by atoms with E-state index in [1.165, 1.54) is 0 Å². The van der Waals surface area contributed by atoms with Gasteiger partial charge in [0.25, 0.3) is 0 Å². The number of carbonyl (C=O) groups is 1. The first kappa shape index (κ1) is 13.8. The first-order chi connectivity index (χ1) is 8.84. The van der Waals surface area contributed by atoms with Crippen LogP contribution in [0.15, 0.2) is 18.3 Å². The number of amides is 1. The summed E-state index contributed by atoms with van der Waals surface area (Å²) in [5, 5.41) is 9.47. The van der Waals surface area contributed by atoms with E-state index in [0.717, 1.165) is 12.2 Å². The van der Waals surface area contributed by atoms with Crippen molar-refractivity contribution in [2.24, 2.45) is 0 Å². The molecular weight excluding hydrogens is 242 g/mol. The number of carbonyl (C=O) groups excluding carboxylic acids is 1. The standard InChI is InChI=1S/C14H21N3O2/c1-10(18)12-6-5-11(9-15-12)17-8-7-16(4)13(19)14(17,2)3/h5-6,9-10,18H,7-8H2,1-4H3. The lowest BCUT2D eigenvalue weighted by Crippen LogP contribution is -2.62. The maximum atomic E-state index is 12.2. The lowest BCUT2D eigenvalue weighted by molar-refractivity contribution is -0.136. The van der Waals surface area contributed by atoms with Gasteiger partial charge in [-0.3, -0.25) is 9.78 Å². The Bertz CT molecular complexity index is 468. The Hall–Kier alpha value is -1.62. The van der Waals surface area contributed by atoms with Crippen molar-refractivity contribution in [3.63, 3.8) is 0 Å². The van der Waals surface area contributed by atoms with Crippen LogP contribution < -0.4 is 4.90 Å². The van der Waals surface area contributed by atoms with Gasteiger partial charge in [-0.05, 0) is 32.9 Å². The zero-order valence-corrected chi connectivity index (χ0v) is 11.9. The number of rotatable bonds is 2. The van der Waals surface area contributed by atoms with Crippen LogP contribution in [0.2, 0.25) is 0 Å². The normalized spacial score (nSPS) is 20.6. The summed E-state index contributed by atoms with van der Waals surface area (Å²) in [5.41, 5.74) is 0.985. The number of nitrogens with zero attached hydrogens (tertiary/aromatic N) is 3. The largest absolute Gasteiger partial charge is 0.387 e. The smallest absolute Gasteiger partial charge is 0.247 e. The number of aliphatic hydroxyl groups is 1. The molecule has 5 heteroatoms. The SMILES string of the molecule is CC(O)c1ccc(N2CCN(C)C(=O)C2(C)C)cn1. The molecule has 0 spiro atoms. The molecular formula is C14H21N3O2. The molecule has 5 nitrogen and oxygen atoms in total. The summed E-state index contributed by atoms with van der Waals surface area (Å²) >= 11 is 0. The Kier molecular flexibility index (Phi) is 3.49. The highest BCUT2D eigenvalue weighted by molar-refractivity contribution is 5.90. The Morgan fingerprint density at radius 3 is 2.58 bits per heavy atom. The van der Waals surface area contributed by atoms with Crippen LogP contribution in [0.3, 0.4) is 0 Å². The number of anilines is 1. The van der Waals surface area contributed by atoms with Crippen molar-refractivity contribution in [3.05, 3.63) is 24.0 Å². The summed E-state index contributed by atoms with van der Waals surface area (Å²) in [7, 11) is 1.83. The summed E-state index contributed by atoms with van der Waals surface area (Å²) in [6, 6.07) is 3.72. The number of piperazine rings is 1. The molecule has 0 saturated carbocycles. The fourth-order valence-electron chi connectivity index (χ4n) is 2.47. The van der Waals surface area contributed by atoms with E-state index in [4.69, 9.17) is 0 Å². The molecule has 0 bridgehead atoms. The summed E-state index contributed by atoms with van der Waals surface area (Å²) < 4.78 is 0. The monoisotopic (exact) mass is 263 g/mol. The highest BCUT2D eigenvalue weighted by Gasteiger charge is 2.40. The Labute approximate surface area is 113 Å². The fraction of sp³-hybridized carbons (Fsp3) is 0.571. The predicted octanol–water partition coefficient (Wildman–Crippen LogP) is 1.19. The summed E-state index contributed by atoms with van der Waals surface area (Å²) in [5.74, 6) is 0.110. The van der Waals surface area contributed by atoms with Crippen molar-refractivity contribution in [1.29, 1.82) is 0 Å². The van der Waals surface area contributed by atoms with Gasteiger partial charge in [0.15, 0.2) is 0 Å². The molecule has 1 aliphatic heterocycles. The minimum atomic E-state index is -0.573. The van der Waals surface area contributed by atoms with E-state index in [0.29, 0.717) is 12.2 Å². The summed E-state index contributed by atoms with van der Waals surface area (Å²) in [6.45, 7) is 7.03. The van der Waals surface area contributed by atoms with Gasteiger partial charge in [0.1, 0.15) is 5.54 Å². The summed E-state index contributed by atoms with van der Waals surface area (Å²) in [6.07, 6.45) is 1.15. The third kappa shape index (κ3) is 2.42. The molecule has 19 heavy (non-hydrogen) atoms. The van der Waals surface area contributed by atoms with E-state index in [1.54, 1.807) is 24.1 Å². The van der Waals surface area contributed by atoms with Crippen LogP contribution in [-0.2, 0) is 4.79 Å². The van der Waals surface area contributed by atoms with Crippen LogP contribution in [0.5, 0.6) is 0 Å². The third-order valence-corrected chi connectivity index (χ3v) is 3.71. The Morgan fingerprint density at radius 1 is 1.37 bits per heavy atom. The molecule has 2 rings (SSSR count). The van der Waals surface area contributed by atoms with Crippen molar-refractivity contribution < 1.29 is 9.90 Å². The number of aromatic nitrogens is 1. The minimum Gasteiger partial charge on any atom is -0.387 e. The van der Waals surface area contributed by atoms with Gasteiger partial charge in [-0.15, -0.1) is 0 Å². The van der Waals surface area contributed by atoms with Gasteiger partial charge >= 0.3 is 0 Å². The highest BCUT2D eigenvalue weighted by Crippen LogP contribution is 2.28. The summed E-state index contributed by atoms with van der Waals surface area (Å²) in [4.78, 5) is 20.3. The Morgan fingerprint density at radius 2 is 2.05 bits per heavy atom. The van der Waals surface area contributed by atoms with Gasteiger partial charge in [0.05, 0.1) is 23.7 Å². The number of likely N-dealkylation sites (N-methyl/N-ethyl adjacent to an activating group) is 1. The number of hydrogen-bond donors (Lipinski definition) is 1. The molecule has 0 aromatic carbocycles. The maximum absolute atomic E-state index is 12.2. The molecule has 0 radical (unpaired) electrons. The van der Waals surface area contributed by atoms with Crippen LogP contribution in [0.1, 0.15) is 32.6 Å². The van der Waals surface area contributed by atoms with Crippen molar-refractivity contribution in [2.75, 3.05) is 25.0 Å². The highest BCUT2D eigenvalue weighted by atomic mass is 16.3. The first-order valence-electron chi connectivity index (χ1n) is 6.51.